The lowest BCUT2D eigenvalue weighted by Crippen LogP contribution is -2.57. The van der Waals surface area contributed by atoms with E-state index in [9.17, 15) is 27.9 Å². The number of aliphatic hydroxyl groups excluding tert-OH is 1. The molecule has 0 unspecified atom stereocenters. The molecule has 5 nitrogen and oxygen atoms in total. The number of nitrogens with zero attached hydrogens (tertiary/aromatic N) is 1. The van der Waals surface area contributed by atoms with E-state index in [0.717, 1.165) is 5.56 Å². The van der Waals surface area contributed by atoms with E-state index in [-0.39, 0.29) is 24.6 Å². The zero-order valence-corrected chi connectivity index (χ0v) is 19.0. The maximum absolute atomic E-state index is 13.7. The molecule has 0 bridgehead atoms. The maximum Gasteiger partial charge on any atom is 0.405 e. The lowest BCUT2D eigenvalue weighted by Gasteiger charge is -2.48. The zero-order valence-electron chi connectivity index (χ0n) is 19.0. The summed E-state index contributed by atoms with van der Waals surface area (Å²) in [6.07, 6.45) is -4.59. The molecule has 0 aliphatic carbocycles. The van der Waals surface area contributed by atoms with Gasteiger partial charge < -0.3 is 15.3 Å². The molecule has 0 fully saturated rings. The highest BCUT2D eigenvalue weighted by molar-refractivity contribution is 6.03. The third kappa shape index (κ3) is 4.79. The first kappa shape index (κ1) is 24.5. The maximum atomic E-state index is 13.7. The molecule has 0 saturated heterocycles. The van der Waals surface area contributed by atoms with Gasteiger partial charge in [-0.2, -0.15) is 13.2 Å². The second-order valence-electron chi connectivity index (χ2n) is 8.77. The summed E-state index contributed by atoms with van der Waals surface area (Å²) >= 11 is 0. The molecule has 1 aliphatic heterocycles. The summed E-state index contributed by atoms with van der Waals surface area (Å²) in [5.41, 5.74) is 1.14. The van der Waals surface area contributed by atoms with E-state index in [1.54, 1.807) is 60.4 Å². The van der Waals surface area contributed by atoms with Crippen LogP contribution in [0.25, 0.3) is 0 Å². The SMILES string of the molecule is C[C@]1(C(=O)NCC(F)(F)F)c2ccccc2C(=O)N(Cc2ccccc2)[C@H]1c1ccc(CO)cc1. The van der Waals surface area contributed by atoms with E-state index in [1.165, 1.54) is 0 Å². The fourth-order valence-corrected chi connectivity index (χ4v) is 4.73. The predicted molar refractivity (Wildman–Crippen MR) is 124 cm³/mol. The molecule has 0 radical (unpaired) electrons. The summed E-state index contributed by atoms with van der Waals surface area (Å²) in [4.78, 5) is 28.8. The van der Waals surface area contributed by atoms with Gasteiger partial charge in [0.1, 0.15) is 6.54 Å². The fourth-order valence-electron chi connectivity index (χ4n) is 4.73. The van der Waals surface area contributed by atoms with Crippen molar-refractivity contribution < 1.29 is 27.9 Å². The second kappa shape index (κ2) is 9.54. The Labute approximate surface area is 201 Å². The van der Waals surface area contributed by atoms with Crippen LogP contribution in [-0.2, 0) is 23.4 Å². The number of halogens is 3. The smallest absolute Gasteiger partial charge is 0.392 e. The van der Waals surface area contributed by atoms with Crippen LogP contribution in [0.2, 0.25) is 0 Å². The van der Waals surface area contributed by atoms with Gasteiger partial charge in [0, 0.05) is 12.1 Å². The Balaban J connectivity index is 1.90. The molecule has 2 atom stereocenters. The molecule has 4 rings (SSSR count). The van der Waals surface area contributed by atoms with Crippen molar-refractivity contribution in [2.75, 3.05) is 6.54 Å². The lowest BCUT2D eigenvalue weighted by atomic mass is 9.67. The number of hydrogen-bond acceptors (Lipinski definition) is 3. The molecule has 3 aromatic carbocycles. The van der Waals surface area contributed by atoms with Crippen molar-refractivity contribution in [3.8, 4) is 0 Å². The summed E-state index contributed by atoms with van der Waals surface area (Å²) in [7, 11) is 0. The van der Waals surface area contributed by atoms with Gasteiger partial charge >= 0.3 is 6.18 Å². The summed E-state index contributed by atoms with van der Waals surface area (Å²) in [5.74, 6) is -1.15. The van der Waals surface area contributed by atoms with Crippen molar-refractivity contribution in [2.24, 2.45) is 0 Å². The van der Waals surface area contributed by atoms with Crippen LogP contribution >= 0.6 is 0 Å². The first-order valence-electron chi connectivity index (χ1n) is 11.1. The van der Waals surface area contributed by atoms with Gasteiger partial charge in [0.2, 0.25) is 5.91 Å². The van der Waals surface area contributed by atoms with Crippen LogP contribution in [0.5, 0.6) is 0 Å². The highest BCUT2D eigenvalue weighted by Crippen LogP contribution is 2.48. The van der Waals surface area contributed by atoms with Crippen LogP contribution in [0.3, 0.4) is 0 Å². The number of fused-ring (bicyclic) bond motifs is 1. The van der Waals surface area contributed by atoms with Gasteiger partial charge in [0.15, 0.2) is 0 Å². The highest BCUT2D eigenvalue weighted by atomic mass is 19.4. The monoisotopic (exact) mass is 482 g/mol. The van der Waals surface area contributed by atoms with Crippen LogP contribution in [0, 0.1) is 0 Å². The molecule has 35 heavy (non-hydrogen) atoms. The number of alkyl halides is 3. The van der Waals surface area contributed by atoms with Crippen LogP contribution in [0.15, 0.2) is 78.9 Å². The molecule has 1 heterocycles. The quantitative estimate of drug-likeness (QED) is 0.543. The second-order valence-corrected chi connectivity index (χ2v) is 8.77. The topological polar surface area (TPSA) is 69.6 Å². The third-order valence-corrected chi connectivity index (χ3v) is 6.43. The van der Waals surface area contributed by atoms with E-state index in [4.69, 9.17) is 0 Å². The van der Waals surface area contributed by atoms with E-state index >= 15 is 0 Å². The van der Waals surface area contributed by atoms with E-state index in [0.29, 0.717) is 16.7 Å². The Bertz CT molecular complexity index is 1210. The van der Waals surface area contributed by atoms with E-state index in [1.807, 2.05) is 30.3 Å². The van der Waals surface area contributed by atoms with Crippen LogP contribution in [0.1, 0.15) is 45.6 Å². The molecule has 1 aliphatic rings. The minimum Gasteiger partial charge on any atom is -0.392 e. The first-order chi connectivity index (χ1) is 16.6. The normalized spacial score (nSPS) is 19.9. The van der Waals surface area contributed by atoms with E-state index < -0.39 is 30.1 Å². The Morgan fingerprint density at radius 1 is 0.971 bits per heavy atom. The van der Waals surface area contributed by atoms with Gasteiger partial charge in [-0.25, -0.2) is 0 Å². The van der Waals surface area contributed by atoms with E-state index in [2.05, 4.69) is 5.32 Å². The largest absolute Gasteiger partial charge is 0.405 e. The number of amides is 2. The van der Waals surface area contributed by atoms with Gasteiger partial charge in [0.05, 0.1) is 18.1 Å². The Kier molecular flexibility index (Phi) is 6.67. The predicted octanol–water partition coefficient (Wildman–Crippen LogP) is 4.51. The molecular weight excluding hydrogens is 457 g/mol. The number of rotatable bonds is 6. The van der Waals surface area contributed by atoms with Crippen molar-refractivity contribution in [2.45, 2.75) is 37.7 Å². The Morgan fingerprint density at radius 2 is 1.60 bits per heavy atom. The van der Waals surface area contributed by atoms with Gasteiger partial charge in [-0.1, -0.05) is 72.8 Å². The summed E-state index contributed by atoms with van der Waals surface area (Å²) < 4.78 is 39.1. The van der Waals surface area contributed by atoms with Crippen molar-refractivity contribution in [1.29, 1.82) is 0 Å². The van der Waals surface area contributed by atoms with Gasteiger partial charge in [0.25, 0.3) is 5.91 Å². The summed E-state index contributed by atoms with van der Waals surface area (Å²) in [6.45, 7) is 0.0608. The van der Waals surface area contributed by atoms with Crippen LogP contribution in [-0.4, -0.2) is 34.5 Å². The standard InChI is InChI=1S/C27H25F3N2O3/c1-26(25(35)31-17-27(28,29)30)22-10-6-5-9-21(22)24(34)32(15-18-7-3-2-4-8-18)23(26)20-13-11-19(16-33)12-14-20/h2-14,23,33H,15-17H2,1H3,(H,31,35)/t23-,26-/m0/s1. The van der Waals surface area contributed by atoms with Crippen molar-refractivity contribution in [3.63, 3.8) is 0 Å². The molecule has 0 aromatic heterocycles. The zero-order chi connectivity index (χ0) is 25.2. The fraction of sp³-hybridized carbons (Fsp3) is 0.259. The molecule has 2 N–H and O–H groups in total. The van der Waals surface area contributed by atoms with Gasteiger partial charge in [-0.3, -0.25) is 9.59 Å². The summed E-state index contributed by atoms with van der Waals surface area (Å²) in [6, 6.07) is 21.6. The molecule has 0 saturated carbocycles. The van der Waals surface area contributed by atoms with Crippen molar-refractivity contribution in [3.05, 3.63) is 107 Å². The number of aliphatic hydroxyl groups is 1. The van der Waals surface area contributed by atoms with Gasteiger partial charge in [-0.15, -0.1) is 0 Å². The Hall–Kier alpha value is -3.65. The number of hydrogen-bond donors (Lipinski definition) is 2. The van der Waals surface area contributed by atoms with Crippen molar-refractivity contribution in [1.82, 2.24) is 10.2 Å². The average Bonchev–Trinajstić information content (AvgIpc) is 2.86. The Morgan fingerprint density at radius 3 is 2.23 bits per heavy atom. The minimum atomic E-state index is -4.59. The summed E-state index contributed by atoms with van der Waals surface area (Å²) in [5, 5.41) is 11.5. The molecule has 8 heteroatoms. The number of carbonyl (C=O) groups is 2. The molecule has 3 aromatic rings. The first-order valence-corrected chi connectivity index (χ1v) is 11.1. The number of carbonyl (C=O) groups excluding carboxylic acids is 2. The highest BCUT2D eigenvalue weighted by Gasteiger charge is 2.53. The van der Waals surface area contributed by atoms with Crippen LogP contribution < -0.4 is 5.32 Å². The van der Waals surface area contributed by atoms with Crippen molar-refractivity contribution >= 4 is 11.8 Å². The molecule has 182 valence electrons. The minimum absolute atomic E-state index is 0.155. The van der Waals surface area contributed by atoms with Crippen LogP contribution in [0.4, 0.5) is 13.2 Å². The average molecular weight is 483 g/mol. The third-order valence-electron chi connectivity index (χ3n) is 6.43. The molecule has 0 spiro atoms. The number of benzene rings is 3. The number of nitrogens with one attached hydrogen (secondary N) is 1. The molecule has 2 amide bonds. The molecular formula is C27H25F3N2O3. The lowest BCUT2D eigenvalue weighted by molar-refractivity contribution is -0.143. The van der Waals surface area contributed by atoms with Gasteiger partial charge in [-0.05, 0) is 35.2 Å².